The minimum Gasteiger partial charge on any atom is -0.395 e. The molecule has 0 saturated carbocycles. The molecule has 1 saturated heterocycles. The van der Waals surface area contributed by atoms with Crippen molar-refractivity contribution < 1.29 is 5.11 Å². The lowest BCUT2D eigenvalue weighted by Crippen LogP contribution is -2.35. The second kappa shape index (κ2) is 5.81. The lowest BCUT2D eigenvalue weighted by Gasteiger charge is -2.25. The Labute approximate surface area is 102 Å². The molecule has 17 heavy (non-hydrogen) atoms. The summed E-state index contributed by atoms with van der Waals surface area (Å²) in [4.78, 5) is 2.24. The molecule has 0 aromatic heterocycles. The second-order valence-corrected chi connectivity index (χ2v) is 4.57. The molecule has 3 heteroatoms. The largest absolute Gasteiger partial charge is 0.395 e. The molecule has 2 rings (SSSR count). The summed E-state index contributed by atoms with van der Waals surface area (Å²) in [6.07, 6.45) is 2.17. The molecule has 1 aliphatic heterocycles. The number of likely N-dealkylation sites (tertiary alicyclic amines) is 1. The van der Waals surface area contributed by atoms with E-state index in [-0.39, 0.29) is 18.6 Å². The highest BCUT2D eigenvalue weighted by atomic mass is 16.3. The van der Waals surface area contributed by atoms with E-state index in [0.29, 0.717) is 0 Å². The first kappa shape index (κ1) is 12.1. The van der Waals surface area contributed by atoms with Gasteiger partial charge in [0.25, 0.3) is 0 Å². The van der Waals surface area contributed by atoms with Crippen LogP contribution < -0.4 is 0 Å². The Balaban J connectivity index is 2.04. The van der Waals surface area contributed by atoms with Crippen LogP contribution >= 0.6 is 0 Å². The Morgan fingerprint density at radius 2 is 2.18 bits per heavy atom. The first-order valence-electron chi connectivity index (χ1n) is 6.14. The van der Waals surface area contributed by atoms with Crippen molar-refractivity contribution in [2.24, 2.45) is 0 Å². The van der Waals surface area contributed by atoms with Crippen LogP contribution in [-0.4, -0.2) is 35.7 Å². The Hall–Kier alpha value is -1.37. The first-order valence-corrected chi connectivity index (χ1v) is 6.14. The average Bonchev–Trinajstić information content (AvgIpc) is 2.84. The molecule has 0 bridgehead atoms. The van der Waals surface area contributed by atoms with Crippen molar-refractivity contribution in [1.82, 2.24) is 4.90 Å². The molecule has 1 aromatic carbocycles. The van der Waals surface area contributed by atoms with Gasteiger partial charge in [-0.1, -0.05) is 30.3 Å². The molecule has 1 heterocycles. The van der Waals surface area contributed by atoms with E-state index in [0.717, 1.165) is 31.5 Å². The summed E-state index contributed by atoms with van der Waals surface area (Å²) in [6.45, 7) is 1.93. The third-order valence-electron chi connectivity index (χ3n) is 3.48. The van der Waals surface area contributed by atoms with Gasteiger partial charge in [0.1, 0.15) is 0 Å². The molecule has 1 fully saturated rings. The molecule has 90 valence electrons. The van der Waals surface area contributed by atoms with Crippen molar-refractivity contribution in [1.29, 1.82) is 5.26 Å². The molecule has 1 N–H and O–H groups in total. The molecule has 0 spiro atoms. The summed E-state index contributed by atoms with van der Waals surface area (Å²) >= 11 is 0. The van der Waals surface area contributed by atoms with E-state index in [1.165, 1.54) is 0 Å². The van der Waals surface area contributed by atoms with Crippen molar-refractivity contribution in [3.05, 3.63) is 35.9 Å². The standard InChI is InChI=1S/C14H18N2O/c15-9-13(12-5-2-1-3-6-12)10-16-8-4-7-14(16)11-17/h1-3,5-6,13-14,17H,4,7-8,10-11H2/t13?,14-/m0/s1. The lowest BCUT2D eigenvalue weighted by atomic mass is 10.00. The summed E-state index contributed by atoms with van der Waals surface area (Å²) in [5, 5.41) is 18.5. The summed E-state index contributed by atoms with van der Waals surface area (Å²) < 4.78 is 0. The Morgan fingerprint density at radius 3 is 2.82 bits per heavy atom. The number of hydrogen-bond donors (Lipinski definition) is 1. The zero-order chi connectivity index (χ0) is 12.1. The van der Waals surface area contributed by atoms with E-state index in [1.807, 2.05) is 30.3 Å². The molecular formula is C14H18N2O. The minimum atomic E-state index is -0.0941. The maximum atomic E-state index is 9.27. The topological polar surface area (TPSA) is 47.3 Å². The fourth-order valence-electron chi connectivity index (χ4n) is 2.48. The second-order valence-electron chi connectivity index (χ2n) is 4.57. The van der Waals surface area contributed by atoms with Gasteiger partial charge in [-0.3, -0.25) is 4.90 Å². The summed E-state index contributed by atoms with van der Waals surface area (Å²) in [6, 6.07) is 12.5. The normalized spacial score (nSPS) is 22.2. The highest BCUT2D eigenvalue weighted by Crippen LogP contribution is 2.22. The van der Waals surface area contributed by atoms with Crippen molar-refractivity contribution >= 4 is 0 Å². The molecule has 1 unspecified atom stereocenters. The zero-order valence-corrected chi connectivity index (χ0v) is 9.92. The predicted octanol–water partition coefficient (Wildman–Crippen LogP) is 1.75. The summed E-state index contributed by atoms with van der Waals surface area (Å²) in [5.41, 5.74) is 1.07. The van der Waals surface area contributed by atoms with Gasteiger partial charge in [-0.2, -0.15) is 5.26 Å². The van der Waals surface area contributed by atoms with E-state index < -0.39 is 0 Å². The van der Waals surface area contributed by atoms with Crippen LogP contribution in [0.4, 0.5) is 0 Å². The first-order chi connectivity index (χ1) is 8.35. The van der Waals surface area contributed by atoms with Gasteiger partial charge >= 0.3 is 0 Å². The number of aliphatic hydroxyl groups excluding tert-OH is 1. The highest BCUT2D eigenvalue weighted by molar-refractivity contribution is 5.25. The van der Waals surface area contributed by atoms with Crippen molar-refractivity contribution in [2.45, 2.75) is 24.8 Å². The smallest absolute Gasteiger partial charge is 0.0839 e. The van der Waals surface area contributed by atoms with Crippen LogP contribution in [0.1, 0.15) is 24.3 Å². The van der Waals surface area contributed by atoms with Gasteiger partial charge in [0.15, 0.2) is 0 Å². The highest BCUT2D eigenvalue weighted by Gasteiger charge is 2.26. The number of rotatable bonds is 4. The van der Waals surface area contributed by atoms with Crippen LogP contribution in [0, 0.1) is 11.3 Å². The van der Waals surface area contributed by atoms with Gasteiger partial charge in [-0.25, -0.2) is 0 Å². The monoisotopic (exact) mass is 230 g/mol. The van der Waals surface area contributed by atoms with Crippen LogP contribution in [0.15, 0.2) is 30.3 Å². The fraction of sp³-hybridized carbons (Fsp3) is 0.500. The van der Waals surface area contributed by atoms with Gasteiger partial charge in [0.05, 0.1) is 18.6 Å². The van der Waals surface area contributed by atoms with Crippen molar-refractivity contribution in [3.63, 3.8) is 0 Å². The molecule has 2 atom stereocenters. The van der Waals surface area contributed by atoms with Gasteiger partial charge in [0, 0.05) is 12.6 Å². The fourth-order valence-corrected chi connectivity index (χ4v) is 2.48. The van der Waals surface area contributed by atoms with Crippen molar-refractivity contribution in [2.75, 3.05) is 19.7 Å². The Bertz CT molecular complexity index is 385. The van der Waals surface area contributed by atoms with Gasteiger partial charge in [-0.15, -0.1) is 0 Å². The molecule has 0 aliphatic carbocycles. The predicted molar refractivity (Wildman–Crippen MR) is 66.5 cm³/mol. The van der Waals surface area contributed by atoms with E-state index in [9.17, 15) is 10.4 Å². The maximum Gasteiger partial charge on any atom is 0.0839 e. The zero-order valence-electron chi connectivity index (χ0n) is 9.92. The quantitative estimate of drug-likeness (QED) is 0.857. The molecular weight excluding hydrogens is 212 g/mol. The van der Waals surface area contributed by atoms with Gasteiger partial charge in [-0.05, 0) is 24.9 Å². The van der Waals surface area contributed by atoms with E-state index in [4.69, 9.17) is 0 Å². The van der Waals surface area contributed by atoms with Gasteiger partial charge in [0.2, 0.25) is 0 Å². The molecule has 1 aromatic rings. The van der Waals surface area contributed by atoms with Gasteiger partial charge < -0.3 is 5.11 Å². The molecule has 0 radical (unpaired) electrons. The van der Waals surface area contributed by atoms with E-state index in [1.54, 1.807) is 0 Å². The number of aliphatic hydroxyl groups is 1. The maximum absolute atomic E-state index is 9.27. The number of hydrogen-bond acceptors (Lipinski definition) is 3. The summed E-state index contributed by atoms with van der Waals surface area (Å²) in [7, 11) is 0. The SMILES string of the molecule is N#CC(CN1CCC[C@H]1CO)c1ccccc1. The number of nitrogens with zero attached hydrogens (tertiary/aromatic N) is 2. The minimum absolute atomic E-state index is 0.0941. The third kappa shape index (κ3) is 2.85. The number of benzene rings is 1. The Kier molecular flexibility index (Phi) is 4.13. The lowest BCUT2D eigenvalue weighted by molar-refractivity contribution is 0.157. The third-order valence-corrected chi connectivity index (χ3v) is 3.48. The molecule has 0 amide bonds. The Morgan fingerprint density at radius 1 is 1.41 bits per heavy atom. The number of nitriles is 1. The van der Waals surface area contributed by atoms with Crippen LogP contribution in [0.2, 0.25) is 0 Å². The van der Waals surface area contributed by atoms with Crippen LogP contribution in [-0.2, 0) is 0 Å². The van der Waals surface area contributed by atoms with Crippen LogP contribution in [0.5, 0.6) is 0 Å². The van der Waals surface area contributed by atoms with E-state index in [2.05, 4.69) is 11.0 Å². The van der Waals surface area contributed by atoms with Crippen LogP contribution in [0.3, 0.4) is 0 Å². The molecule has 3 nitrogen and oxygen atoms in total. The van der Waals surface area contributed by atoms with E-state index >= 15 is 0 Å². The molecule has 1 aliphatic rings. The van der Waals surface area contributed by atoms with Crippen molar-refractivity contribution in [3.8, 4) is 6.07 Å². The van der Waals surface area contributed by atoms with Crippen LogP contribution in [0.25, 0.3) is 0 Å². The average molecular weight is 230 g/mol. The summed E-state index contributed by atoms with van der Waals surface area (Å²) in [5.74, 6) is -0.0941.